The minimum absolute atomic E-state index is 0.0499. The Balaban J connectivity index is 1.99. The average Bonchev–Trinajstić information content (AvgIpc) is 2.69. The summed E-state index contributed by atoms with van der Waals surface area (Å²) in [5.74, 6) is -1.45. The second kappa shape index (κ2) is 8.95. The van der Waals surface area contributed by atoms with Crippen molar-refractivity contribution in [1.82, 2.24) is 5.32 Å². The largest absolute Gasteiger partial charge is 0.508 e. The number of aliphatic carboxylic acids is 1. The number of aliphatic hydroxyl groups excluding tert-OH is 3. The maximum absolute atomic E-state index is 11.4. The lowest BCUT2D eigenvalue weighted by Crippen LogP contribution is -2.62. The summed E-state index contributed by atoms with van der Waals surface area (Å²) in [7, 11) is 1.81. The zero-order valence-corrected chi connectivity index (χ0v) is 16.3. The van der Waals surface area contributed by atoms with Crippen molar-refractivity contribution >= 4 is 5.97 Å². The fourth-order valence-corrected chi connectivity index (χ4v) is 4.46. The number of carbonyl (C=O) groups is 1. The lowest BCUT2D eigenvalue weighted by Gasteiger charge is -2.49. The highest BCUT2D eigenvalue weighted by molar-refractivity contribution is 5.73. The van der Waals surface area contributed by atoms with E-state index in [4.69, 9.17) is 9.47 Å². The molecule has 9 heteroatoms. The Morgan fingerprint density at radius 2 is 2.00 bits per heavy atom. The Morgan fingerprint density at radius 1 is 1.24 bits per heavy atom. The molecule has 1 heterocycles. The molecule has 29 heavy (non-hydrogen) atoms. The van der Waals surface area contributed by atoms with E-state index in [2.05, 4.69) is 5.32 Å². The summed E-state index contributed by atoms with van der Waals surface area (Å²) in [6.07, 6.45) is -5.16. The van der Waals surface area contributed by atoms with Gasteiger partial charge in [-0.2, -0.15) is 0 Å². The van der Waals surface area contributed by atoms with Gasteiger partial charge in [0.25, 0.3) is 0 Å². The molecule has 0 unspecified atom stereocenters. The Kier molecular flexibility index (Phi) is 6.77. The first-order valence-electron chi connectivity index (χ1n) is 9.84. The molecule has 0 amide bonds. The van der Waals surface area contributed by atoms with E-state index in [1.54, 1.807) is 18.2 Å². The monoisotopic (exact) mass is 411 g/mol. The summed E-state index contributed by atoms with van der Waals surface area (Å²) in [4.78, 5) is 11.4. The molecule has 1 aliphatic carbocycles. The van der Waals surface area contributed by atoms with Crippen LogP contribution in [0.2, 0.25) is 0 Å². The van der Waals surface area contributed by atoms with Crippen molar-refractivity contribution in [3.63, 3.8) is 0 Å². The number of rotatable bonds is 6. The topological polar surface area (TPSA) is 149 Å². The number of ether oxygens (including phenoxy) is 2. The SMILES string of the molecule is CNC[C@H]1CCCC[C@]1(O[C@@H]1O[C@H](C(=O)O)[C@@H](O)[C@H](O)[C@H]1O)c1cccc(O)c1. The highest BCUT2D eigenvalue weighted by Crippen LogP contribution is 2.47. The van der Waals surface area contributed by atoms with Crippen LogP contribution in [-0.2, 0) is 19.9 Å². The van der Waals surface area contributed by atoms with Crippen molar-refractivity contribution in [3.05, 3.63) is 29.8 Å². The molecule has 3 rings (SSSR count). The van der Waals surface area contributed by atoms with Crippen molar-refractivity contribution < 1.29 is 39.8 Å². The van der Waals surface area contributed by atoms with Gasteiger partial charge in [-0.25, -0.2) is 4.79 Å². The van der Waals surface area contributed by atoms with E-state index in [1.165, 1.54) is 0 Å². The number of hydrogen-bond acceptors (Lipinski definition) is 8. The minimum atomic E-state index is -1.78. The Hall–Kier alpha value is -1.75. The number of phenols is 1. The van der Waals surface area contributed by atoms with Gasteiger partial charge < -0.3 is 40.3 Å². The number of hydrogen-bond donors (Lipinski definition) is 6. The molecular formula is C20H29NO8. The molecule has 1 saturated heterocycles. The Labute approximate surface area is 168 Å². The maximum atomic E-state index is 11.4. The van der Waals surface area contributed by atoms with Crippen molar-refractivity contribution in [2.45, 2.75) is 62.0 Å². The van der Waals surface area contributed by atoms with Gasteiger partial charge in [-0.1, -0.05) is 25.0 Å². The summed E-state index contributed by atoms with van der Waals surface area (Å²) in [6.45, 7) is 0.589. The average molecular weight is 411 g/mol. The molecule has 9 nitrogen and oxygen atoms in total. The highest BCUT2D eigenvalue weighted by Gasteiger charge is 2.52. The molecule has 1 aliphatic heterocycles. The summed E-state index contributed by atoms with van der Waals surface area (Å²) in [5, 5.41) is 53.0. The van der Waals surface area contributed by atoms with Crippen LogP contribution in [0.15, 0.2) is 24.3 Å². The number of phenolic OH excluding ortho intramolecular Hbond substituents is 1. The molecule has 0 bridgehead atoms. The quantitative estimate of drug-likeness (QED) is 0.377. The lowest BCUT2D eigenvalue weighted by atomic mass is 9.71. The van der Waals surface area contributed by atoms with Crippen LogP contribution in [0.25, 0.3) is 0 Å². The summed E-state index contributed by atoms with van der Waals surface area (Å²) < 4.78 is 11.7. The van der Waals surface area contributed by atoms with Gasteiger partial charge in [0.2, 0.25) is 0 Å². The number of aromatic hydroxyl groups is 1. The summed E-state index contributed by atoms with van der Waals surface area (Å²) in [5.41, 5.74) is -0.294. The van der Waals surface area contributed by atoms with Crippen LogP contribution in [0.5, 0.6) is 5.75 Å². The van der Waals surface area contributed by atoms with E-state index in [0.717, 1.165) is 19.3 Å². The third kappa shape index (κ3) is 4.25. The first-order chi connectivity index (χ1) is 13.8. The lowest BCUT2D eigenvalue weighted by molar-refractivity contribution is -0.333. The third-order valence-electron chi connectivity index (χ3n) is 5.93. The Morgan fingerprint density at radius 3 is 2.66 bits per heavy atom. The number of nitrogens with one attached hydrogen (secondary N) is 1. The second-order valence-corrected chi connectivity index (χ2v) is 7.79. The van der Waals surface area contributed by atoms with E-state index in [1.807, 2.05) is 13.1 Å². The van der Waals surface area contributed by atoms with Crippen LogP contribution in [0.1, 0.15) is 31.2 Å². The van der Waals surface area contributed by atoms with Crippen LogP contribution in [-0.4, -0.2) is 75.8 Å². The third-order valence-corrected chi connectivity index (χ3v) is 5.93. The van der Waals surface area contributed by atoms with Crippen molar-refractivity contribution in [2.24, 2.45) is 5.92 Å². The van der Waals surface area contributed by atoms with Crippen LogP contribution < -0.4 is 5.32 Å². The number of carboxylic acid groups (broad SMARTS) is 1. The van der Waals surface area contributed by atoms with E-state index in [-0.39, 0.29) is 11.7 Å². The molecule has 6 N–H and O–H groups in total. The van der Waals surface area contributed by atoms with E-state index in [0.29, 0.717) is 18.5 Å². The molecular weight excluding hydrogens is 382 g/mol. The van der Waals surface area contributed by atoms with Crippen molar-refractivity contribution in [1.29, 1.82) is 0 Å². The van der Waals surface area contributed by atoms with Gasteiger partial charge >= 0.3 is 5.97 Å². The van der Waals surface area contributed by atoms with Gasteiger partial charge in [-0.15, -0.1) is 0 Å². The first-order valence-corrected chi connectivity index (χ1v) is 9.84. The fraction of sp³-hybridized carbons (Fsp3) is 0.650. The number of benzene rings is 1. The van der Waals surface area contributed by atoms with Crippen LogP contribution in [0.4, 0.5) is 0 Å². The van der Waals surface area contributed by atoms with Gasteiger partial charge in [0.05, 0.1) is 0 Å². The van der Waals surface area contributed by atoms with Crippen LogP contribution in [0.3, 0.4) is 0 Å². The fourth-order valence-electron chi connectivity index (χ4n) is 4.46. The molecule has 1 aromatic carbocycles. The predicted octanol–water partition coefficient (Wildman–Crippen LogP) is -0.0941. The number of carboxylic acids is 1. The van der Waals surface area contributed by atoms with Gasteiger partial charge in [-0.3, -0.25) is 0 Å². The summed E-state index contributed by atoms with van der Waals surface area (Å²) >= 11 is 0. The molecule has 1 saturated carbocycles. The van der Waals surface area contributed by atoms with Gasteiger partial charge in [0.15, 0.2) is 12.4 Å². The zero-order valence-electron chi connectivity index (χ0n) is 16.3. The minimum Gasteiger partial charge on any atom is -0.508 e. The molecule has 162 valence electrons. The summed E-state index contributed by atoms with van der Waals surface area (Å²) in [6, 6.07) is 6.63. The molecule has 0 aromatic heterocycles. The molecule has 0 spiro atoms. The highest BCUT2D eigenvalue weighted by atomic mass is 16.7. The van der Waals surface area contributed by atoms with Gasteiger partial charge in [0.1, 0.15) is 29.7 Å². The van der Waals surface area contributed by atoms with E-state index >= 15 is 0 Å². The van der Waals surface area contributed by atoms with E-state index < -0.39 is 42.3 Å². The number of aliphatic hydroxyl groups is 3. The second-order valence-electron chi connectivity index (χ2n) is 7.79. The van der Waals surface area contributed by atoms with Crippen molar-refractivity contribution in [3.8, 4) is 5.75 Å². The van der Waals surface area contributed by atoms with E-state index in [9.17, 15) is 30.3 Å². The molecule has 0 radical (unpaired) electrons. The predicted molar refractivity (Wildman–Crippen MR) is 101 cm³/mol. The molecule has 1 aromatic rings. The first kappa shape index (κ1) is 21.9. The molecule has 2 fully saturated rings. The maximum Gasteiger partial charge on any atom is 0.335 e. The molecule has 7 atom stereocenters. The van der Waals surface area contributed by atoms with Crippen LogP contribution in [0, 0.1) is 5.92 Å². The Bertz CT molecular complexity index is 713. The smallest absolute Gasteiger partial charge is 0.335 e. The standard InChI is InChI=1S/C20H29NO8/c1-21-10-12-5-2-3-8-20(12,11-6-4-7-13(22)9-11)29-19-16(25)14(23)15(24)17(28-19)18(26)27/h4,6-7,9,12,14-17,19,21-25H,2-3,5,8,10H2,1H3,(H,26,27)/t12-,14+,15+,16-,17+,19+,20+/m1/s1. The molecule has 2 aliphatic rings. The normalized spacial score (nSPS) is 37.9. The van der Waals surface area contributed by atoms with Gasteiger partial charge in [0, 0.05) is 12.5 Å². The zero-order chi connectivity index (χ0) is 21.2. The van der Waals surface area contributed by atoms with Crippen molar-refractivity contribution in [2.75, 3.05) is 13.6 Å². The van der Waals surface area contributed by atoms with Gasteiger partial charge in [-0.05, 0) is 37.6 Å². The van der Waals surface area contributed by atoms with Crippen LogP contribution >= 0.6 is 0 Å².